The van der Waals surface area contributed by atoms with Crippen molar-refractivity contribution < 1.29 is 17.9 Å². The highest BCUT2D eigenvalue weighted by Gasteiger charge is 2.32. The van der Waals surface area contributed by atoms with Crippen molar-refractivity contribution >= 4 is 37.5 Å². The maximum atomic E-state index is 13.1. The second-order valence-electron chi connectivity index (χ2n) is 8.14. The first-order valence-corrected chi connectivity index (χ1v) is 13.2. The van der Waals surface area contributed by atoms with Crippen molar-refractivity contribution in [2.45, 2.75) is 51.9 Å². The Kier molecular flexibility index (Phi) is 8.01. The number of anilines is 1. The number of nitrogens with one attached hydrogen (secondary N) is 1. The van der Waals surface area contributed by atoms with E-state index < -0.39 is 10.0 Å². The Morgan fingerprint density at radius 2 is 1.81 bits per heavy atom. The molecule has 1 aliphatic heterocycles. The van der Waals surface area contributed by atoms with Crippen molar-refractivity contribution in [1.29, 1.82) is 0 Å². The Hall–Kier alpha value is -1.90. The largest absolute Gasteiger partial charge is 0.494 e. The van der Waals surface area contributed by atoms with Gasteiger partial charge in [-0.3, -0.25) is 4.79 Å². The zero-order valence-electron chi connectivity index (χ0n) is 19.1. The topological polar surface area (TPSA) is 75.7 Å². The second-order valence-corrected chi connectivity index (χ2v) is 11.0. The van der Waals surface area contributed by atoms with E-state index in [1.807, 2.05) is 32.9 Å². The molecular formula is C24H31BrN2O4S. The van der Waals surface area contributed by atoms with Gasteiger partial charge in [-0.2, -0.15) is 4.31 Å². The van der Waals surface area contributed by atoms with Gasteiger partial charge in [0.2, 0.25) is 15.9 Å². The van der Waals surface area contributed by atoms with Gasteiger partial charge in [0.15, 0.2) is 0 Å². The molecule has 0 saturated carbocycles. The highest BCUT2D eigenvalue weighted by Crippen LogP contribution is 2.30. The molecule has 2 aromatic carbocycles. The third-order valence-corrected chi connectivity index (χ3v) is 8.27. The van der Waals surface area contributed by atoms with E-state index in [1.54, 1.807) is 18.2 Å². The monoisotopic (exact) mass is 522 g/mol. The van der Waals surface area contributed by atoms with Gasteiger partial charge in [-0.15, -0.1) is 0 Å². The van der Waals surface area contributed by atoms with Crippen molar-refractivity contribution in [1.82, 2.24) is 4.31 Å². The van der Waals surface area contributed by atoms with Crippen molar-refractivity contribution in [2.75, 3.05) is 25.0 Å². The minimum absolute atomic E-state index is 0.0425. The van der Waals surface area contributed by atoms with Crippen LogP contribution in [0.2, 0.25) is 0 Å². The molecule has 0 spiro atoms. The molecule has 3 rings (SSSR count). The first-order chi connectivity index (χ1) is 15.2. The van der Waals surface area contributed by atoms with Gasteiger partial charge >= 0.3 is 0 Å². The summed E-state index contributed by atoms with van der Waals surface area (Å²) in [4.78, 5) is 13.2. The minimum atomic E-state index is -3.61. The SMILES string of the molecule is CCOc1ccc(S(=O)(=O)N2CCC(C(=O)Nc3c(C)cc(Br)cc3CC)CC2)cc1C. The first-order valence-electron chi connectivity index (χ1n) is 11.0. The number of aryl methyl sites for hydroxylation is 3. The highest BCUT2D eigenvalue weighted by atomic mass is 79.9. The smallest absolute Gasteiger partial charge is 0.243 e. The highest BCUT2D eigenvalue weighted by molar-refractivity contribution is 9.10. The van der Waals surface area contributed by atoms with Crippen LogP contribution in [0.25, 0.3) is 0 Å². The maximum Gasteiger partial charge on any atom is 0.243 e. The summed E-state index contributed by atoms with van der Waals surface area (Å²) in [5.41, 5.74) is 3.74. The Balaban J connectivity index is 1.67. The molecule has 1 fully saturated rings. The van der Waals surface area contributed by atoms with E-state index in [0.29, 0.717) is 38.3 Å². The molecule has 0 radical (unpaired) electrons. The van der Waals surface area contributed by atoms with Crippen molar-refractivity contribution in [3.05, 3.63) is 51.5 Å². The molecule has 0 atom stereocenters. The normalized spacial score (nSPS) is 15.5. The van der Waals surface area contributed by atoms with Crippen LogP contribution >= 0.6 is 15.9 Å². The van der Waals surface area contributed by atoms with Gasteiger partial charge < -0.3 is 10.1 Å². The van der Waals surface area contributed by atoms with Crippen LogP contribution in [0.5, 0.6) is 5.75 Å². The van der Waals surface area contributed by atoms with Crippen LogP contribution < -0.4 is 10.1 Å². The van der Waals surface area contributed by atoms with Crippen molar-refractivity contribution in [3.63, 3.8) is 0 Å². The zero-order chi connectivity index (χ0) is 23.5. The Morgan fingerprint density at radius 1 is 1.12 bits per heavy atom. The van der Waals surface area contributed by atoms with E-state index in [4.69, 9.17) is 4.74 Å². The van der Waals surface area contributed by atoms with E-state index >= 15 is 0 Å². The van der Waals surface area contributed by atoms with Crippen LogP contribution in [0.3, 0.4) is 0 Å². The predicted octanol–water partition coefficient (Wildman–Crippen LogP) is 5.07. The molecule has 0 aromatic heterocycles. The van der Waals surface area contributed by atoms with E-state index in [2.05, 4.69) is 28.2 Å². The van der Waals surface area contributed by atoms with Gasteiger partial charge in [-0.1, -0.05) is 22.9 Å². The molecule has 1 aliphatic rings. The number of halogens is 1. The number of benzene rings is 2. The summed E-state index contributed by atoms with van der Waals surface area (Å²) in [5, 5.41) is 3.10. The fraction of sp³-hybridized carbons (Fsp3) is 0.458. The van der Waals surface area contributed by atoms with E-state index in [0.717, 1.165) is 33.3 Å². The summed E-state index contributed by atoms with van der Waals surface area (Å²) < 4.78 is 34.2. The standard InChI is InChI=1S/C24H31BrN2O4S/c1-5-18-15-20(25)13-17(4)23(18)26-24(28)19-9-11-27(12-10-19)32(29,30)21-7-8-22(31-6-2)16(3)14-21/h7-8,13-15,19H,5-6,9-12H2,1-4H3,(H,26,28). The molecule has 174 valence electrons. The number of carbonyl (C=O) groups is 1. The van der Waals surface area contributed by atoms with Gasteiger partial charge in [0.1, 0.15) is 5.75 Å². The molecule has 1 amide bonds. The number of rotatable bonds is 7. The van der Waals surface area contributed by atoms with Crippen LogP contribution in [-0.4, -0.2) is 38.3 Å². The fourth-order valence-corrected chi connectivity index (χ4v) is 6.28. The number of ether oxygens (including phenoxy) is 1. The number of hydrogen-bond acceptors (Lipinski definition) is 4. The number of amides is 1. The van der Waals surface area contributed by atoms with Crippen LogP contribution in [0.15, 0.2) is 39.7 Å². The van der Waals surface area contributed by atoms with Gasteiger partial charge in [0.05, 0.1) is 11.5 Å². The van der Waals surface area contributed by atoms with Gasteiger partial charge in [0.25, 0.3) is 0 Å². The van der Waals surface area contributed by atoms with E-state index in [-0.39, 0.29) is 16.7 Å². The molecule has 8 heteroatoms. The average molecular weight is 523 g/mol. The summed E-state index contributed by atoms with van der Waals surface area (Å²) in [6, 6.07) is 8.97. The van der Waals surface area contributed by atoms with Crippen LogP contribution in [0.4, 0.5) is 5.69 Å². The number of carbonyl (C=O) groups excluding carboxylic acids is 1. The molecule has 6 nitrogen and oxygen atoms in total. The number of piperidine rings is 1. The van der Waals surface area contributed by atoms with Gasteiger partial charge in [-0.25, -0.2) is 8.42 Å². The number of nitrogens with zero attached hydrogens (tertiary/aromatic N) is 1. The Bertz CT molecular complexity index is 1090. The van der Waals surface area contributed by atoms with Gasteiger partial charge in [0, 0.05) is 29.2 Å². The molecule has 0 bridgehead atoms. The summed E-state index contributed by atoms with van der Waals surface area (Å²) in [7, 11) is -3.61. The quantitative estimate of drug-likeness (QED) is 0.550. The molecule has 1 heterocycles. The lowest BCUT2D eigenvalue weighted by Crippen LogP contribution is -2.41. The average Bonchev–Trinajstić information content (AvgIpc) is 2.76. The second kappa shape index (κ2) is 10.4. The Morgan fingerprint density at radius 3 is 2.41 bits per heavy atom. The molecule has 0 aliphatic carbocycles. The molecule has 2 aromatic rings. The van der Waals surface area contributed by atoms with Crippen molar-refractivity contribution in [3.8, 4) is 5.75 Å². The van der Waals surface area contributed by atoms with E-state index in [1.165, 1.54) is 4.31 Å². The predicted molar refractivity (Wildman–Crippen MR) is 131 cm³/mol. The lowest BCUT2D eigenvalue weighted by atomic mass is 9.96. The third-order valence-electron chi connectivity index (χ3n) is 5.92. The molecule has 32 heavy (non-hydrogen) atoms. The summed E-state index contributed by atoms with van der Waals surface area (Å²) in [6.07, 6.45) is 1.81. The summed E-state index contributed by atoms with van der Waals surface area (Å²) >= 11 is 3.51. The third kappa shape index (κ3) is 5.35. The zero-order valence-corrected chi connectivity index (χ0v) is 21.5. The lowest BCUT2D eigenvalue weighted by Gasteiger charge is -2.31. The first kappa shape index (κ1) is 24.7. The van der Waals surface area contributed by atoms with Crippen LogP contribution in [0, 0.1) is 19.8 Å². The molecule has 1 N–H and O–H groups in total. The van der Waals surface area contributed by atoms with Crippen molar-refractivity contribution in [2.24, 2.45) is 5.92 Å². The number of hydrogen-bond donors (Lipinski definition) is 1. The molecular weight excluding hydrogens is 492 g/mol. The fourth-order valence-electron chi connectivity index (χ4n) is 4.10. The molecule has 1 saturated heterocycles. The summed E-state index contributed by atoms with van der Waals surface area (Å²) in [5.74, 6) is 0.437. The molecule has 0 unspecified atom stereocenters. The number of sulfonamides is 1. The van der Waals surface area contributed by atoms with Crippen LogP contribution in [0.1, 0.15) is 43.4 Å². The summed E-state index contributed by atoms with van der Waals surface area (Å²) in [6.45, 7) is 8.96. The van der Waals surface area contributed by atoms with E-state index in [9.17, 15) is 13.2 Å². The van der Waals surface area contributed by atoms with Gasteiger partial charge in [-0.05, 0) is 87.1 Å². The Labute approximate surface area is 199 Å². The van der Waals surface area contributed by atoms with Crippen LogP contribution in [-0.2, 0) is 21.2 Å². The maximum absolute atomic E-state index is 13.1. The minimum Gasteiger partial charge on any atom is -0.494 e. The lowest BCUT2D eigenvalue weighted by molar-refractivity contribution is -0.120.